The first-order valence-electron chi connectivity index (χ1n) is 4.09. The predicted molar refractivity (Wildman–Crippen MR) is 62.0 cm³/mol. The van der Waals surface area contributed by atoms with E-state index in [0.717, 1.165) is 4.47 Å². The van der Waals surface area contributed by atoms with E-state index in [1.807, 2.05) is 12.1 Å². The molecule has 0 atom stereocenters. The molecule has 0 saturated heterocycles. The molecule has 0 bridgehead atoms. The van der Waals surface area contributed by atoms with Crippen LogP contribution in [0.1, 0.15) is 10.4 Å². The fourth-order valence-corrected chi connectivity index (χ4v) is 1.70. The molecule has 0 aliphatic heterocycles. The van der Waals surface area contributed by atoms with E-state index in [2.05, 4.69) is 31.4 Å². The lowest BCUT2D eigenvalue weighted by Crippen LogP contribution is -2.11. The van der Waals surface area contributed by atoms with Gasteiger partial charge in [-0.05, 0) is 24.3 Å². The Morgan fingerprint density at radius 2 is 2.07 bits per heavy atom. The molecule has 0 saturated carbocycles. The summed E-state index contributed by atoms with van der Waals surface area (Å²) in [7, 11) is 0. The van der Waals surface area contributed by atoms with Crippen LogP contribution >= 0.6 is 27.3 Å². The van der Waals surface area contributed by atoms with Crippen LogP contribution in [0.2, 0.25) is 0 Å². The first-order valence-corrected chi connectivity index (χ1v) is 5.76. The van der Waals surface area contributed by atoms with Crippen LogP contribution in [-0.4, -0.2) is 16.1 Å². The standard InChI is InChI=1S/C9H6BrN3OS/c10-7-3-1-6(2-4-7)8(14)12-9-13-11-5-15-9/h1-5H,(H,12,13,14). The van der Waals surface area contributed by atoms with Crippen molar-refractivity contribution in [2.24, 2.45) is 0 Å². The molecule has 1 aromatic carbocycles. The number of benzene rings is 1. The van der Waals surface area contributed by atoms with Crippen molar-refractivity contribution in [1.29, 1.82) is 0 Å². The van der Waals surface area contributed by atoms with Gasteiger partial charge in [0, 0.05) is 10.0 Å². The number of carbonyl (C=O) groups is 1. The zero-order valence-corrected chi connectivity index (χ0v) is 9.88. The molecule has 2 rings (SSSR count). The Hall–Kier alpha value is -1.27. The van der Waals surface area contributed by atoms with Crippen molar-refractivity contribution < 1.29 is 4.79 Å². The summed E-state index contributed by atoms with van der Waals surface area (Å²) in [5.74, 6) is -0.181. The Bertz CT molecular complexity index is 455. The molecule has 0 spiro atoms. The van der Waals surface area contributed by atoms with Gasteiger partial charge >= 0.3 is 0 Å². The lowest BCUT2D eigenvalue weighted by Gasteiger charge is -2.00. The van der Waals surface area contributed by atoms with Crippen molar-refractivity contribution in [3.05, 3.63) is 39.8 Å². The molecule has 4 nitrogen and oxygen atoms in total. The van der Waals surface area contributed by atoms with Crippen LogP contribution < -0.4 is 5.32 Å². The largest absolute Gasteiger partial charge is 0.296 e. The van der Waals surface area contributed by atoms with E-state index in [4.69, 9.17) is 0 Å². The maximum atomic E-state index is 11.6. The fraction of sp³-hybridized carbons (Fsp3) is 0. The molecule has 15 heavy (non-hydrogen) atoms. The van der Waals surface area contributed by atoms with Gasteiger partial charge < -0.3 is 0 Å². The molecule has 1 heterocycles. The average molecular weight is 284 g/mol. The Balaban J connectivity index is 2.11. The minimum absolute atomic E-state index is 0.181. The van der Waals surface area contributed by atoms with Crippen LogP contribution in [0.5, 0.6) is 0 Å². The van der Waals surface area contributed by atoms with Crippen LogP contribution in [0, 0.1) is 0 Å². The summed E-state index contributed by atoms with van der Waals surface area (Å²) in [6.07, 6.45) is 0. The highest BCUT2D eigenvalue weighted by atomic mass is 79.9. The smallest absolute Gasteiger partial charge is 0.257 e. The molecule has 0 radical (unpaired) electrons. The summed E-state index contributed by atoms with van der Waals surface area (Å²) < 4.78 is 0.940. The number of rotatable bonds is 2. The Labute approximate surface area is 98.5 Å². The summed E-state index contributed by atoms with van der Waals surface area (Å²) in [5, 5.41) is 10.5. The number of aromatic nitrogens is 2. The normalized spacial score (nSPS) is 9.93. The van der Waals surface area contributed by atoms with Gasteiger partial charge in [-0.1, -0.05) is 27.3 Å². The van der Waals surface area contributed by atoms with E-state index in [9.17, 15) is 4.79 Å². The van der Waals surface area contributed by atoms with E-state index in [1.54, 1.807) is 17.6 Å². The van der Waals surface area contributed by atoms with Crippen molar-refractivity contribution in [2.75, 3.05) is 5.32 Å². The molecule has 6 heteroatoms. The minimum atomic E-state index is -0.181. The van der Waals surface area contributed by atoms with Gasteiger partial charge in [0.1, 0.15) is 5.51 Å². The van der Waals surface area contributed by atoms with Crippen molar-refractivity contribution >= 4 is 38.3 Å². The Morgan fingerprint density at radius 3 is 2.67 bits per heavy atom. The summed E-state index contributed by atoms with van der Waals surface area (Å²) >= 11 is 4.59. The summed E-state index contributed by atoms with van der Waals surface area (Å²) in [6.45, 7) is 0. The van der Waals surface area contributed by atoms with E-state index >= 15 is 0 Å². The number of hydrogen-bond acceptors (Lipinski definition) is 4. The van der Waals surface area contributed by atoms with Gasteiger partial charge in [0.25, 0.3) is 5.91 Å². The van der Waals surface area contributed by atoms with Crippen molar-refractivity contribution in [3.8, 4) is 0 Å². The predicted octanol–water partition coefficient (Wildman–Crippen LogP) is 2.55. The topological polar surface area (TPSA) is 54.9 Å². The monoisotopic (exact) mass is 283 g/mol. The third-order valence-electron chi connectivity index (χ3n) is 1.69. The molecular weight excluding hydrogens is 278 g/mol. The van der Waals surface area contributed by atoms with Crippen molar-refractivity contribution in [3.63, 3.8) is 0 Å². The van der Waals surface area contributed by atoms with Crippen LogP contribution in [0.3, 0.4) is 0 Å². The van der Waals surface area contributed by atoms with Gasteiger partial charge in [-0.15, -0.1) is 10.2 Å². The average Bonchev–Trinajstić information content (AvgIpc) is 2.71. The molecule has 1 N–H and O–H groups in total. The lowest BCUT2D eigenvalue weighted by atomic mass is 10.2. The second-order valence-corrected chi connectivity index (χ2v) is 4.45. The van der Waals surface area contributed by atoms with Crippen LogP contribution in [0.4, 0.5) is 5.13 Å². The second kappa shape index (κ2) is 4.50. The molecule has 0 aliphatic rings. The molecular formula is C9H6BrN3OS. The zero-order chi connectivity index (χ0) is 10.7. The molecule has 1 aromatic heterocycles. The van der Waals surface area contributed by atoms with Crippen molar-refractivity contribution in [2.45, 2.75) is 0 Å². The van der Waals surface area contributed by atoms with Crippen molar-refractivity contribution in [1.82, 2.24) is 10.2 Å². The quantitative estimate of drug-likeness (QED) is 0.922. The first-order chi connectivity index (χ1) is 7.25. The number of anilines is 1. The lowest BCUT2D eigenvalue weighted by molar-refractivity contribution is 0.102. The van der Waals surface area contributed by atoms with Gasteiger partial charge in [0.2, 0.25) is 5.13 Å². The number of hydrogen-bond donors (Lipinski definition) is 1. The third kappa shape index (κ3) is 2.60. The van der Waals surface area contributed by atoms with E-state index in [0.29, 0.717) is 10.7 Å². The van der Waals surface area contributed by atoms with Gasteiger partial charge in [-0.25, -0.2) is 0 Å². The van der Waals surface area contributed by atoms with Gasteiger partial charge in [0.05, 0.1) is 0 Å². The first kappa shape index (κ1) is 10.3. The van der Waals surface area contributed by atoms with Crippen LogP contribution in [-0.2, 0) is 0 Å². The molecule has 0 unspecified atom stereocenters. The SMILES string of the molecule is O=C(Nc1nncs1)c1ccc(Br)cc1. The highest BCUT2D eigenvalue weighted by Gasteiger charge is 2.06. The molecule has 76 valence electrons. The van der Waals surface area contributed by atoms with E-state index in [-0.39, 0.29) is 5.91 Å². The minimum Gasteiger partial charge on any atom is -0.296 e. The summed E-state index contributed by atoms with van der Waals surface area (Å²) in [5.41, 5.74) is 2.16. The van der Waals surface area contributed by atoms with Crippen LogP contribution in [0.15, 0.2) is 34.2 Å². The molecule has 2 aromatic rings. The maximum Gasteiger partial charge on any atom is 0.257 e. The maximum absolute atomic E-state index is 11.6. The van der Waals surface area contributed by atoms with Gasteiger partial charge in [-0.2, -0.15) is 0 Å². The van der Waals surface area contributed by atoms with E-state index in [1.165, 1.54) is 11.3 Å². The fourth-order valence-electron chi connectivity index (χ4n) is 0.998. The Kier molecular flexibility index (Phi) is 3.08. The molecule has 0 aliphatic carbocycles. The third-order valence-corrected chi connectivity index (χ3v) is 2.82. The summed E-state index contributed by atoms with van der Waals surface area (Å²) in [4.78, 5) is 11.6. The summed E-state index contributed by atoms with van der Waals surface area (Å²) in [6, 6.07) is 7.10. The Morgan fingerprint density at radius 1 is 1.33 bits per heavy atom. The number of amides is 1. The number of halogens is 1. The van der Waals surface area contributed by atoms with E-state index < -0.39 is 0 Å². The van der Waals surface area contributed by atoms with Crippen LogP contribution in [0.25, 0.3) is 0 Å². The number of nitrogens with zero attached hydrogens (tertiary/aromatic N) is 2. The van der Waals surface area contributed by atoms with Gasteiger partial charge in [-0.3, -0.25) is 10.1 Å². The van der Waals surface area contributed by atoms with Gasteiger partial charge in [0.15, 0.2) is 0 Å². The zero-order valence-electron chi connectivity index (χ0n) is 7.48. The molecule has 0 fully saturated rings. The number of carbonyl (C=O) groups excluding carboxylic acids is 1. The molecule has 1 amide bonds. The number of nitrogens with one attached hydrogen (secondary N) is 1. The second-order valence-electron chi connectivity index (χ2n) is 2.70. The highest BCUT2D eigenvalue weighted by molar-refractivity contribution is 9.10. The highest BCUT2D eigenvalue weighted by Crippen LogP contribution is 2.13.